The molecule has 2 aromatic heterocycles. The summed E-state index contributed by atoms with van der Waals surface area (Å²) >= 11 is 0. The Morgan fingerprint density at radius 1 is 0.325 bits per heavy atom. The Hall–Kier alpha value is -10.3. The molecule has 80 heavy (non-hydrogen) atoms. The Morgan fingerprint density at radius 2 is 0.863 bits per heavy atom. The highest BCUT2D eigenvalue weighted by molar-refractivity contribution is 7.01. The van der Waals surface area contributed by atoms with E-state index in [0.717, 1.165) is 39.3 Å². The second-order valence-corrected chi connectivity index (χ2v) is 21.3. The summed E-state index contributed by atoms with van der Waals surface area (Å²) in [7, 11) is 0. The first-order chi connectivity index (χ1) is 39.8. The van der Waals surface area contributed by atoms with Crippen molar-refractivity contribution in [3.8, 4) is 50.2 Å². The quantitative estimate of drug-likeness (QED) is 0.141. The van der Waals surface area contributed by atoms with Gasteiger partial charge in [-0.1, -0.05) is 253 Å². The number of nitrogens with zero attached hydrogens (tertiary/aromatic N) is 3. The summed E-state index contributed by atoms with van der Waals surface area (Å²) in [6.45, 7) is -0.119. The number of anilines is 3. The monoisotopic (exact) mass is 1020 g/mol. The number of aromatic nitrogens is 2. The summed E-state index contributed by atoms with van der Waals surface area (Å²) in [5.41, 5.74) is 25.0. The minimum atomic E-state index is -0.560. The minimum absolute atomic E-state index is 0.119. The summed E-state index contributed by atoms with van der Waals surface area (Å²) in [6, 6.07) is 108. The first-order valence-corrected chi connectivity index (χ1v) is 27.7. The molecule has 16 rings (SSSR count). The molecule has 0 spiro atoms. The fraction of sp³-hybridized carbons (Fsp3) is 0.0132. The second-order valence-electron chi connectivity index (χ2n) is 21.3. The van der Waals surface area contributed by atoms with Crippen LogP contribution in [0.2, 0.25) is 0 Å². The molecule has 14 aromatic rings. The van der Waals surface area contributed by atoms with Crippen LogP contribution in [-0.4, -0.2) is 16.3 Å². The fourth-order valence-electron chi connectivity index (χ4n) is 14.1. The molecule has 12 aromatic carbocycles. The number of rotatable bonds is 8. The first kappa shape index (κ1) is 45.9. The van der Waals surface area contributed by atoms with Crippen molar-refractivity contribution in [1.82, 2.24) is 9.55 Å². The third-order valence-corrected chi connectivity index (χ3v) is 17.2. The Kier molecular flexibility index (Phi) is 10.6. The van der Waals surface area contributed by atoms with E-state index in [0.29, 0.717) is 0 Å². The molecule has 0 amide bonds. The molecule has 0 aliphatic carbocycles. The molecule has 2 aliphatic rings. The highest BCUT2D eigenvalue weighted by atomic mass is 15.2. The van der Waals surface area contributed by atoms with Crippen molar-refractivity contribution < 1.29 is 0 Å². The van der Waals surface area contributed by atoms with Crippen LogP contribution in [0.15, 0.2) is 304 Å². The standard InChI is InChI=1S/C76H50BN3/c1-6-23-51(24-7-1)59-35-22-36-63-73-71(53-45-47-78-48-46-53)61-33-16-17-34-62(61)72(52-25-8-2-9-26-52)75(73)77(74(59)63)56-41-44-67-64(49-56)60-43-42-58(50-70(60)79(67)57-31-14-5-15-32-57)80-68-39-20-18-37-65(68)76(54-27-10-3-11-28-54,55-29-12-4-13-30-55)66-38-19-21-40-69(66)80/h1-50H. The molecular formula is C76H50BN3. The highest BCUT2D eigenvalue weighted by Gasteiger charge is 2.47. The van der Waals surface area contributed by atoms with Crippen molar-refractivity contribution in [1.29, 1.82) is 0 Å². The maximum Gasteiger partial charge on any atom is 0.244 e. The van der Waals surface area contributed by atoms with E-state index in [9.17, 15) is 0 Å². The predicted octanol–water partition coefficient (Wildman–Crippen LogP) is 17.0. The van der Waals surface area contributed by atoms with Crippen LogP contribution in [0.3, 0.4) is 0 Å². The van der Waals surface area contributed by atoms with Gasteiger partial charge >= 0.3 is 0 Å². The Labute approximate surface area is 466 Å². The zero-order chi connectivity index (χ0) is 52.7. The molecule has 0 saturated carbocycles. The van der Waals surface area contributed by atoms with Crippen molar-refractivity contribution in [2.45, 2.75) is 5.41 Å². The van der Waals surface area contributed by atoms with E-state index < -0.39 is 5.41 Å². The van der Waals surface area contributed by atoms with Crippen LogP contribution in [0.5, 0.6) is 0 Å². The van der Waals surface area contributed by atoms with Gasteiger partial charge < -0.3 is 9.47 Å². The van der Waals surface area contributed by atoms with Gasteiger partial charge in [0.05, 0.1) is 27.8 Å². The zero-order valence-corrected chi connectivity index (χ0v) is 43.8. The summed E-state index contributed by atoms with van der Waals surface area (Å²) in [5.74, 6) is 0. The van der Waals surface area contributed by atoms with Gasteiger partial charge in [0.15, 0.2) is 0 Å². The highest BCUT2D eigenvalue weighted by Crippen LogP contribution is 2.58. The fourth-order valence-corrected chi connectivity index (χ4v) is 14.1. The topological polar surface area (TPSA) is 21.1 Å². The lowest BCUT2D eigenvalue weighted by Crippen LogP contribution is -2.50. The minimum Gasteiger partial charge on any atom is -0.310 e. The second kappa shape index (κ2) is 18.4. The number of para-hydroxylation sites is 3. The van der Waals surface area contributed by atoms with Crippen LogP contribution >= 0.6 is 0 Å². The molecule has 0 N–H and O–H groups in total. The molecule has 0 atom stereocenters. The van der Waals surface area contributed by atoms with E-state index in [1.54, 1.807) is 0 Å². The van der Waals surface area contributed by atoms with Gasteiger partial charge in [0.1, 0.15) is 0 Å². The van der Waals surface area contributed by atoms with Crippen molar-refractivity contribution in [2.24, 2.45) is 0 Å². The molecule has 0 bridgehead atoms. The largest absolute Gasteiger partial charge is 0.310 e. The van der Waals surface area contributed by atoms with Gasteiger partial charge in [-0.25, -0.2) is 0 Å². The normalized spacial score (nSPS) is 13.1. The van der Waals surface area contributed by atoms with E-state index in [1.165, 1.54) is 99.1 Å². The van der Waals surface area contributed by atoms with Gasteiger partial charge in [0, 0.05) is 34.5 Å². The Balaban J connectivity index is 0.968. The number of hydrogen-bond donors (Lipinski definition) is 0. The molecule has 3 nitrogen and oxygen atoms in total. The summed E-state index contributed by atoms with van der Waals surface area (Å²) in [4.78, 5) is 7.02. The van der Waals surface area contributed by atoms with Gasteiger partial charge in [0.2, 0.25) is 6.71 Å². The number of benzene rings is 12. The van der Waals surface area contributed by atoms with Gasteiger partial charge in [-0.05, 0) is 132 Å². The molecule has 0 saturated heterocycles. The molecule has 2 aliphatic heterocycles. The van der Waals surface area contributed by atoms with Crippen molar-refractivity contribution in [3.05, 3.63) is 326 Å². The molecule has 0 unspecified atom stereocenters. The summed E-state index contributed by atoms with van der Waals surface area (Å²) in [6.07, 6.45) is 3.87. The lowest BCUT2D eigenvalue weighted by molar-refractivity contribution is 0.731. The van der Waals surface area contributed by atoms with Gasteiger partial charge in [-0.15, -0.1) is 0 Å². The predicted molar refractivity (Wildman–Crippen MR) is 335 cm³/mol. The van der Waals surface area contributed by atoms with Crippen LogP contribution in [0.25, 0.3) is 82.8 Å². The SMILES string of the molecule is c1ccc(-c2cccc3c2B(c2ccc4c(c2)c2ccc(N5c6ccccc6C(c6ccccc6)(c6ccccc6)c6ccccc65)cc2n4-c2ccccc2)c2c-3c(-c3ccncc3)c3ccccc3c2-c2ccccc2)cc1. The number of fused-ring (bicyclic) bond motifs is 9. The zero-order valence-electron chi connectivity index (χ0n) is 43.8. The van der Waals surface area contributed by atoms with Gasteiger partial charge in [-0.2, -0.15) is 0 Å². The van der Waals surface area contributed by atoms with Crippen LogP contribution in [0, 0.1) is 0 Å². The van der Waals surface area contributed by atoms with Crippen LogP contribution in [-0.2, 0) is 5.41 Å². The first-order valence-electron chi connectivity index (χ1n) is 27.7. The number of pyridine rings is 1. The maximum absolute atomic E-state index is 4.52. The van der Waals surface area contributed by atoms with Crippen molar-refractivity contribution >= 4 is 72.7 Å². The van der Waals surface area contributed by atoms with Crippen LogP contribution < -0.4 is 21.3 Å². The maximum atomic E-state index is 4.52. The lowest BCUT2D eigenvalue weighted by Gasteiger charge is -2.46. The van der Waals surface area contributed by atoms with E-state index in [-0.39, 0.29) is 6.71 Å². The van der Waals surface area contributed by atoms with Crippen LogP contribution in [0.4, 0.5) is 17.1 Å². The van der Waals surface area contributed by atoms with Gasteiger partial charge in [-0.3, -0.25) is 4.98 Å². The molecule has 0 fully saturated rings. The smallest absolute Gasteiger partial charge is 0.244 e. The lowest BCUT2D eigenvalue weighted by atomic mass is 9.37. The molecule has 4 heteroatoms. The Morgan fingerprint density at radius 3 is 1.51 bits per heavy atom. The molecule has 372 valence electrons. The molecule has 4 heterocycles. The van der Waals surface area contributed by atoms with E-state index in [4.69, 9.17) is 0 Å². The third-order valence-electron chi connectivity index (χ3n) is 17.2. The van der Waals surface area contributed by atoms with Crippen LogP contribution in [0.1, 0.15) is 22.3 Å². The van der Waals surface area contributed by atoms with Gasteiger partial charge in [0.25, 0.3) is 0 Å². The van der Waals surface area contributed by atoms with E-state index in [2.05, 4.69) is 306 Å². The number of hydrogen-bond acceptors (Lipinski definition) is 2. The van der Waals surface area contributed by atoms with Crippen molar-refractivity contribution in [3.63, 3.8) is 0 Å². The van der Waals surface area contributed by atoms with E-state index in [1.807, 2.05) is 12.4 Å². The average Bonchev–Trinajstić information content (AvgIpc) is 3.44. The molecular weight excluding hydrogens is 966 g/mol. The Bertz CT molecular complexity index is 4600. The third kappa shape index (κ3) is 6.79. The van der Waals surface area contributed by atoms with E-state index >= 15 is 0 Å². The average molecular weight is 1020 g/mol. The molecule has 0 radical (unpaired) electrons. The summed E-state index contributed by atoms with van der Waals surface area (Å²) in [5, 5.41) is 4.88. The summed E-state index contributed by atoms with van der Waals surface area (Å²) < 4.78 is 2.48. The van der Waals surface area contributed by atoms with Crippen molar-refractivity contribution in [2.75, 3.05) is 4.90 Å².